The predicted octanol–water partition coefficient (Wildman–Crippen LogP) is 3.24. The molecule has 1 unspecified atom stereocenters. The number of benzene rings is 1. The second-order valence-corrected chi connectivity index (χ2v) is 4.58. The van der Waals surface area contributed by atoms with Crippen molar-refractivity contribution in [2.45, 2.75) is 26.2 Å². The molecule has 1 aliphatic rings. The quantitative estimate of drug-likeness (QED) is 0.727. The van der Waals surface area contributed by atoms with E-state index in [-0.39, 0.29) is 0 Å². The number of hydrogen-bond acceptors (Lipinski definition) is 1. The first-order chi connectivity index (χ1) is 6.15. The van der Waals surface area contributed by atoms with Crippen LogP contribution in [-0.4, -0.2) is 7.05 Å². The summed E-state index contributed by atoms with van der Waals surface area (Å²) in [4.78, 5) is 0. The van der Waals surface area contributed by atoms with E-state index in [9.17, 15) is 0 Å². The summed E-state index contributed by atoms with van der Waals surface area (Å²) in [6.45, 7) is 4.67. The van der Waals surface area contributed by atoms with Crippen molar-refractivity contribution in [3.63, 3.8) is 0 Å². The number of rotatable bonds is 2. The van der Waals surface area contributed by atoms with E-state index in [0.717, 1.165) is 5.92 Å². The van der Waals surface area contributed by atoms with Crippen LogP contribution in [0.15, 0.2) is 24.3 Å². The van der Waals surface area contributed by atoms with Crippen LogP contribution in [0.2, 0.25) is 0 Å². The highest BCUT2D eigenvalue weighted by molar-refractivity contribution is 5.54. The van der Waals surface area contributed by atoms with Crippen molar-refractivity contribution in [1.82, 2.24) is 0 Å². The highest BCUT2D eigenvalue weighted by Gasteiger charge is 2.47. The Labute approximate surface area is 80.2 Å². The molecule has 0 amide bonds. The number of hydrogen-bond donors (Lipinski definition) is 1. The third-order valence-electron chi connectivity index (χ3n) is 3.12. The molecular formula is C12H17N. The summed E-state index contributed by atoms with van der Waals surface area (Å²) in [5.74, 6) is 0.760. The molecule has 0 spiro atoms. The first-order valence-electron chi connectivity index (χ1n) is 4.92. The van der Waals surface area contributed by atoms with Gasteiger partial charge in [0, 0.05) is 12.7 Å². The van der Waals surface area contributed by atoms with Crippen molar-refractivity contribution in [1.29, 1.82) is 0 Å². The Kier molecular flexibility index (Phi) is 1.83. The fourth-order valence-electron chi connectivity index (χ4n) is 2.03. The van der Waals surface area contributed by atoms with Crippen LogP contribution in [0, 0.1) is 5.41 Å². The molecule has 1 saturated carbocycles. The molecule has 1 aromatic rings. The minimum absolute atomic E-state index is 0.521. The lowest BCUT2D eigenvalue weighted by Gasteiger charge is -2.09. The van der Waals surface area contributed by atoms with Gasteiger partial charge in [-0.25, -0.2) is 0 Å². The van der Waals surface area contributed by atoms with Gasteiger partial charge in [-0.3, -0.25) is 0 Å². The Morgan fingerprint density at radius 3 is 2.46 bits per heavy atom. The summed E-state index contributed by atoms with van der Waals surface area (Å²) in [6.07, 6.45) is 1.33. The third kappa shape index (κ3) is 1.43. The molecule has 0 aliphatic heterocycles. The molecule has 70 valence electrons. The first kappa shape index (κ1) is 8.61. The van der Waals surface area contributed by atoms with Gasteiger partial charge in [0.2, 0.25) is 0 Å². The minimum Gasteiger partial charge on any atom is -0.388 e. The summed E-state index contributed by atoms with van der Waals surface area (Å²) in [7, 11) is 1.99. The molecule has 0 aromatic heterocycles. The zero-order chi connectivity index (χ0) is 9.47. The van der Waals surface area contributed by atoms with Gasteiger partial charge in [0.05, 0.1) is 0 Å². The molecule has 0 heterocycles. The fraction of sp³-hybridized carbons (Fsp3) is 0.500. The number of anilines is 1. The molecular weight excluding hydrogens is 158 g/mol. The largest absolute Gasteiger partial charge is 0.388 e. The SMILES string of the molecule is CNc1ccccc1C1CC1(C)C. The maximum Gasteiger partial charge on any atom is 0.0373 e. The maximum atomic E-state index is 3.25. The van der Waals surface area contributed by atoms with Crippen LogP contribution in [0.4, 0.5) is 5.69 Å². The maximum absolute atomic E-state index is 3.25. The minimum atomic E-state index is 0.521. The van der Waals surface area contributed by atoms with E-state index in [4.69, 9.17) is 0 Å². The second kappa shape index (κ2) is 2.76. The van der Waals surface area contributed by atoms with Crippen molar-refractivity contribution in [3.05, 3.63) is 29.8 Å². The van der Waals surface area contributed by atoms with Crippen LogP contribution in [0.1, 0.15) is 31.7 Å². The molecule has 1 heteroatoms. The van der Waals surface area contributed by atoms with Gasteiger partial charge >= 0.3 is 0 Å². The molecule has 0 bridgehead atoms. The van der Waals surface area contributed by atoms with Crippen molar-refractivity contribution >= 4 is 5.69 Å². The number of nitrogens with one attached hydrogen (secondary N) is 1. The van der Waals surface area contributed by atoms with Crippen molar-refractivity contribution in [3.8, 4) is 0 Å². The summed E-state index contributed by atoms with van der Waals surface area (Å²) in [5.41, 5.74) is 3.29. The van der Waals surface area contributed by atoms with Gasteiger partial charge in [0.1, 0.15) is 0 Å². The Morgan fingerprint density at radius 1 is 1.31 bits per heavy atom. The molecule has 1 fully saturated rings. The monoisotopic (exact) mass is 175 g/mol. The average molecular weight is 175 g/mol. The van der Waals surface area contributed by atoms with E-state index in [0.29, 0.717) is 5.41 Å². The van der Waals surface area contributed by atoms with Gasteiger partial charge < -0.3 is 5.32 Å². The highest BCUT2D eigenvalue weighted by atomic mass is 14.8. The van der Waals surface area contributed by atoms with Crippen molar-refractivity contribution in [2.75, 3.05) is 12.4 Å². The number of para-hydroxylation sites is 1. The topological polar surface area (TPSA) is 12.0 Å². The molecule has 0 saturated heterocycles. The molecule has 1 aromatic carbocycles. The summed E-state index contributed by atoms with van der Waals surface area (Å²) >= 11 is 0. The zero-order valence-electron chi connectivity index (χ0n) is 8.59. The van der Waals surface area contributed by atoms with Crippen LogP contribution in [0.3, 0.4) is 0 Å². The summed E-state index contributed by atoms with van der Waals surface area (Å²) < 4.78 is 0. The normalized spacial score (nSPS) is 24.1. The van der Waals surface area contributed by atoms with Crippen LogP contribution in [-0.2, 0) is 0 Å². The summed E-state index contributed by atoms with van der Waals surface area (Å²) in [5, 5.41) is 3.25. The molecule has 1 atom stereocenters. The van der Waals surface area contributed by atoms with Crippen LogP contribution in [0.25, 0.3) is 0 Å². The molecule has 1 aliphatic carbocycles. The Bertz CT molecular complexity index is 315. The lowest BCUT2D eigenvalue weighted by molar-refractivity contribution is 0.622. The smallest absolute Gasteiger partial charge is 0.0373 e. The van der Waals surface area contributed by atoms with Gasteiger partial charge in [0.15, 0.2) is 0 Å². The standard InChI is InChI=1S/C12H17N/c1-12(2)8-10(12)9-6-4-5-7-11(9)13-3/h4-7,10,13H,8H2,1-3H3. The van der Waals surface area contributed by atoms with Crippen molar-refractivity contribution in [2.24, 2.45) is 5.41 Å². The molecule has 1 nitrogen and oxygen atoms in total. The van der Waals surface area contributed by atoms with Crippen LogP contribution in [0.5, 0.6) is 0 Å². The van der Waals surface area contributed by atoms with E-state index in [1.165, 1.54) is 17.7 Å². The van der Waals surface area contributed by atoms with E-state index >= 15 is 0 Å². The van der Waals surface area contributed by atoms with Gasteiger partial charge in [-0.2, -0.15) is 0 Å². The first-order valence-corrected chi connectivity index (χ1v) is 4.92. The van der Waals surface area contributed by atoms with Gasteiger partial charge in [-0.15, -0.1) is 0 Å². The zero-order valence-corrected chi connectivity index (χ0v) is 8.59. The third-order valence-corrected chi connectivity index (χ3v) is 3.12. The molecule has 13 heavy (non-hydrogen) atoms. The van der Waals surface area contributed by atoms with Crippen LogP contribution < -0.4 is 5.32 Å². The average Bonchev–Trinajstić information content (AvgIpc) is 2.75. The fourth-order valence-corrected chi connectivity index (χ4v) is 2.03. The van der Waals surface area contributed by atoms with Gasteiger partial charge in [0.25, 0.3) is 0 Å². The Morgan fingerprint density at radius 2 is 1.92 bits per heavy atom. The molecule has 2 rings (SSSR count). The lowest BCUT2D eigenvalue weighted by Crippen LogP contribution is -1.96. The van der Waals surface area contributed by atoms with Gasteiger partial charge in [-0.1, -0.05) is 32.0 Å². The Hall–Kier alpha value is -0.980. The van der Waals surface area contributed by atoms with Gasteiger partial charge in [-0.05, 0) is 29.4 Å². The van der Waals surface area contributed by atoms with E-state index in [2.05, 4.69) is 43.4 Å². The van der Waals surface area contributed by atoms with E-state index in [1.54, 1.807) is 0 Å². The van der Waals surface area contributed by atoms with Crippen molar-refractivity contribution < 1.29 is 0 Å². The predicted molar refractivity (Wildman–Crippen MR) is 57.1 cm³/mol. The molecule has 1 N–H and O–H groups in total. The lowest BCUT2D eigenvalue weighted by atomic mass is 10.0. The summed E-state index contributed by atoms with van der Waals surface area (Å²) in [6, 6.07) is 8.62. The molecule has 0 radical (unpaired) electrons. The Balaban J connectivity index is 2.31. The van der Waals surface area contributed by atoms with E-state index in [1.807, 2.05) is 7.05 Å². The van der Waals surface area contributed by atoms with E-state index < -0.39 is 0 Å². The highest BCUT2D eigenvalue weighted by Crippen LogP contribution is 2.59. The second-order valence-electron chi connectivity index (χ2n) is 4.58. The van der Waals surface area contributed by atoms with Crippen LogP contribution >= 0.6 is 0 Å².